The summed E-state index contributed by atoms with van der Waals surface area (Å²) in [5.74, 6) is 4.20. The summed E-state index contributed by atoms with van der Waals surface area (Å²) in [5.41, 5.74) is 7.70. The van der Waals surface area contributed by atoms with Crippen LogP contribution in [0.25, 0.3) is 11.0 Å². The third kappa shape index (κ3) is 4.44. The van der Waals surface area contributed by atoms with Gasteiger partial charge in [0, 0.05) is 43.9 Å². The number of benzene rings is 1. The minimum absolute atomic E-state index is 0.477. The van der Waals surface area contributed by atoms with Crippen LogP contribution in [0.5, 0.6) is 23.1 Å². The molecule has 4 heterocycles. The SMILES string of the molecule is COc1ccc2nccc(OCC3[C@H]4CN(CC(OC(N)=O)c5ccc6c(c5)OCCO6)C[C@@H]34)c2n1. The van der Waals surface area contributed by atoms with Crippen molar-refractivity contribution in [2.45, 2.75) is 6.10 Å². The Morgan fingerprint density at radius 3 is 2.72 bits per heavy atom. The summed E-state index contributed by atoms with van der Waals surface area (Å²) in [4.78, 5) is 22.8. The first-order chi connectivity index (χ1) is 17.6. The van der Waals surface area contributed by atoms with Gasteiger partial charge in [0.2, 0.25) is 5.88 Å². The number of pyridine rings is 2. The zero-order valence-corrected chi connectivity index (χ0v) is 20.0. The minimum atomic E-state index is -0.791. The summed E-state index contributed by atoms with van der Waals surface area (Å²) >= 11 is 0. The molecule has 6 rings (SSSR count). The molecule has 1 saturated carbocycles. The summed E-state index contributed by atoms with van der Waals surface area (Å²) in [6.07, 6.45) is 0.466. The Hall–Kier alpha value is -3.79. The summed E-state index contributed by atoms with van der Waals surface area (Å²) in [7, 11) is 1.59. The highest BCUT2D eigenvalue weighted by Gasteiger charge is 2.56. The maximum Gasteiger partial charge on any atom is 0.405 e. The molecule has 1 amide bonds. The van der Waals surface area contributed by atoms with Gasteiger partial charge in [-0.25, -0.2) is 9.78 Å². The van der Waals surface area contributed by atoms with E-state index in [4.69, 9.17) is 29.4 Å². The molecule has 3 aliphatic rings. The van der Waals surface area contributed by atoms with E-state index in [1.54, 1.807) is 19.4 Å². The quantitative estimate of drug-likeness (QED) is 0.506. The second-order valence-corrected chi connectivity index (χ2v) is 9.38. The summed E-state index contributed by atoms with van der Waals surface area (Å²) in [6.45, 7) is 4.06. The number of carbonyl (C=O) groups excluding carboxylic acids is 1. The number of methoxy groups -OCH3 is 1. The molecule has 2 fully saturated rings. The zero-order chi connectivity index (χ0) is 24.6. The van der Waals surface area contributed by atoms with Gasteiger partial charge in [0.05, 0.1) is 19.2 Å². The van der Waals surface area contributed by atoms with Crippen molar-refractivity contribution >= 4 is 17.1 Å². The summed E-state index contributed by atoms with van der Waals surface area (Å²) in [6, 6.07) is 11.1. The van der Waals surface area contributed by atoms with Crippen molar-refractivity contribution < 1.29 is 28.5 Å². The number of hydrogen-bond acceptors (Lipinski definition) is 9. The van der Waals surface area contributed by atoms with Crippen molar-refractivity contribution in [3.8, 4) is 23.1 Å². The molecule has 2 aromatic heterocycles. The number of carbonyl (C=O) groups is 1. The monoisotopic (exact) mass is 492 g/mol. The zero-order valence-electron chi connectivity index (χ0n) is 20.0. The molecule has 3 aromatic rings. The topological polar surface area (TPSA) is 118 Å². The third-order valence-corrected chi connectivity index (χ3v) is 7.23. The van der Waals surface area contributed by atoms with E-state index in [1.165, 1.54) is 0 Å². The van der Waals surface area contributed by atoms with Gasteiger partial charge in [-0.15, -0.1) is 0 Å². The number of likely N-dealkylation sites (tertiary alicyclic amines) is 1. The number of fused-ring (bicyclic) bond motifs is 3. The van der Waals surface area contributed by atoms with Gasteiger partial charge in [-0.05, 0) is 35.6 Å². The van der Waals surface area contributed by atoms with E-state index in [0.717, 1.165) is 24.2 Å². The summed E-state index contributed by atoms with van der Waals surface area (Å²) < 4.78 is 28.2. The maximum absolute atomic E-state index is 11.6. The standard InChI is InChI=1S/C26H28N4O6/c1-32-24-5-3-19-25(29-24)21(6-7-28-19)35-14-18-16-11-30(12-17(16)18)13-23(36-26(27)31)15-2-4-20-22(10-15)34-9-8-33-20/h2-7,10,16-18,23H,8-9,11-14H2,1H3,(H2,27,31)/t16-,17+,18?,23?. The van der Waals surface area contributed by atoms with Gasteiger partial charge >= 0.3 is 6.09 Å². The molecule has 0 radical (unpaired) electrons. The van der Waals surface area contributed by atoms with E-state index in [9.17, 15) is 4.79 Å². The Morgan fingerprint density at radius 1 is 1.14 bits per heavy atom. The highest BCUT2D eigenvalue weighted by Crippen LogP contribution is 2.52. The second-order valence-electron chi connectivity index (χ2n) is 9.38. The van der Waals surface area contributed by atoms with E-state index in [-0.39, 0.29) is 0 Å². The first-order valence-corrected chi connectivity index (χ1v) is 12.1. The largest absolute Gasteiger partial charge is 0.491 e. The van der Waals surface area contributed by atoms with Crippen LogP contribution in [0, 0.1) is 17.8 Å². The molecule has 2 aliphatic heterocycles. The molecule has 188 valence electrons. The highest BCUT2D eigenvalue weighted by molar-refractivity contribution is 5.81. The lowest BCUT2D eigenvalue weighted by Crippen LogP contribution is -2.33. The summed E-state index contributed by atoms with van der Waals surface area (Å²) in [5, 5.41) is 0. The Labute approximate surface area is 208 Å². The number of piperidine rings is 1. The second kappa shape index (κ2) is 9.34. The number of rotatable bonds is 8. The first-order valence-electron chi connectivity index (χ1n) is 12.1. The average Bonchev–Trinajstić information content (AvgIpc) is 3.35. The molecule has 0 spiro atoms. The van der Waals surface area contributed by atoms with Crippen molar-refractivity contribution in [3.05, 3.63) is 48.2 Å². The van der Waals surface area contributed by atoms with Gasteiger partial charge in [-0.2, -0.15) is 0 Å². The van der Waals surface area contributed by atoms with Crippen molar-refractivity contribution in [2.24, 2.45) is 23.5 Å². The lowest BCUT2D eigenvalue weighted by atomic mass is 10.1. The number of aromatic nitrogens is 2. The van der Waals surface area contributed by atoms with Crippen molar-refractivity contribution in [3.63, 3.8) is 0 Å². The number of amides is 1. The van der Waals surface area contributed by atoms with Gasteiger partial charge in [0.15, 0.2) is 11.5 Å². The number of ether oxygens (including phenoxy) is 5. The van der Waals surface area contributed by atoms with Crippen LogP contribution >= 0.6 is 0 Å². The fourth-order valence-electron chi connectivity index (χ4n) is 5.38. The molecule has 36 heavy (non-hydrogen) atoms. The van der Waals surface area contributed by atoms with Crippen LogP contribution in [-0.4, -0.2) is 67.5 Å². The number of nitrogens with two attached hydrogens (primary N) is 1. The average molecular weight is 493 g/mol. The predicted molar refractivity (Wildman–Crippen MR) is 129 cm³/mol. The molecule has 10 nitrogen and oxygen atoms in total. The van der Waals surface area contributed by atoms with Gasteiger partial charge < -0.3 is 29.4 Å². The predicted octanol–water partition coefficient (Wildman–Crippen LogP) is 2.80. The van der Waals surface area contributed by atoms with Crippen molar-refractivity contribution in [1.29, 1.82) is 0 Å². The van der Waals surface area contributed by atoms with E-state index < -0.39 is 12.2 Å². The fraction of sp³-hybridized carbons (Fsp3) is 0.423. The number of nitrogens with zero attached hydrogens (tertiary/aromatic N) is 3. The Balaban J connectivity index is 1.07. The van der Waals surface area contributed by atoms with E-state index >= 15 is 0 Å². The van der Waals surface area contributed by atoms with E-state index in [0.29, 0.717) is 72.8 Å². The number of primary amides is 1. The first kappa shape index (κ1) is 22.7. The molecular weight excluding hydrogens is 464 g/mol. The lowest BCUT2D eigenvalue weighted by molar-refractivity contribution is 0.0766. The van der Waals surface area contributed by atoms with E-state index in [1.807, 2.05) is 30.3 Å². The van der Waals surface area contributed by atoms with Crippen molar-refractivity contribution in [2.75, 3.05) is 46.6 Å². The van der Waals surface area contributed by atoms with Gasteiger partial charge in [0.1, 0.15) is 30.6 Å². The molecule has 1 aromatic carbocycles. The van der Waals surface area contributed by atoms with Gasteiger partial charge in [-0.3, -0.25) is 9.88 Å². The molecule has 0 bridgehead atoms. The molecule has 10 heteroatoms. The van der Waals surface area contributed by atoms with E-state index in [2.05, 4.69) is 14.9 Å². The molecule has 1 aliphatic carbocycles. The Bertz CT molecular complexity index is 1270. The molecule has 4 atom stereocenters. The molecule has 2 unspecified atom stereocenters. The lowest BCUT2D eigenvalue weighted by Gasteiger charge is -2.26. The molecule has 1 saturated heterocycles. The highest BCUT2D eigenvalue weighted by atomic mass is 16.6. The number of hydrogen-bond donors (Lipinski definition) is 1. The maximum atomic E-state index is 11.6. The Kier molecular flexibility index (Phi) is 5.88. The van der Waals surface area contributed by atoms with Crippen LogP contribution < -0.4 is 24.7 Å². The van der Waals surface area contributed by atoms with Crippen LogP contribution in [0.4, 0.5) is 4.79 Å². The third-order valence-electron chi connectivity index (χ3n) is 7.23. The van der Waals surface area contributed by atoms with Crippen LogP contribution in [0.1, 0.15) is 11.7 Å². The normalized spacial score (nSPS) is 23.1. The van der Waals surface area contributed by atoms with Gasteiger partial charge in [0.25, 0.3) is 0 Å². The van der Waals surface area contributed by atoms with Crippen LogP contribution in [0.3, 0.4) is 0 Å². The van der Waals surface area contributed by atoms with Crippen molar-refractivity contribution in [1.82, 2.24) is 14.9 Å². The smallest absolute Gasteiger partial charge is 0.405 e. The molecule has 2 N–H and O–H groups in total. The van der Waals surface area contributed by atoms with Gasteiger partial charge in [-0.1, -0.05) is 6.07 Å². The fourth-order valence-corrected chi connectivity index (χ4v) is 5.38. The minimum Gasteiger partial charge on any atom is -0.491 e. The Morgan fingerprint density at radius 2 is 1.94 bits per heavy atom. The van der Waals surface area contributed by atoms with Crippen LogP contribution in [0.15, 0.2) is 42.6 Å². The van der Waals surface area contributed by atoms with Crippen LogP contribution in [0.2, 0.25) is 0 Å². The molecular formula is C26H28N4O6. The van der Waals surface area contributed by atoms with Crippen LogP contribution in [-0.2, 0) is 4.74 Å².